The van der Waals surface area contributed by atoms with Crippen molar-refractivity contribution >= 4 is 16.9 Å². The Morgan fingerprint density at radius 1 is 1.03 bits per heavy atom. The fourth-order valence-electron chi connectivity index (χ4n) is 3.35. The number of esters is 1. The van der Waals surface area contributed by atoms with Crippen molar-refractivity contribution < 1.29 is 18.7 Å². The second-order valence-electron chi connectivity index (χ2n) is 6.94. The lowest BCUT2D eigenvalue weighted by Gasteiger charge is -2.14. The van der Waals surface area contributed by atoms with Crippen LogP contribution >= 0.6 is 0 Å². The average molecular weight is 403 g/mol. The predicted molar refractivity (Wildman–Crippen MR) is 111 cm³/mol. The number of hydrogen-bond acceptors (Lipinski definition) is 7. The molecule has 30 heavy (non-hydrogen) atoms. The maximum Gasteiger partial charge on any atom is 0.341 e. The van der Waals surface area contributed by atoms with Crippen LogP contribution in [0.1, 0.15) is 40.5 Å². The summed E-state index contributed by atoms with van der Waals surface area (Å²) in [6.07, 6.45) is -0.706. The first-order chi connectivity index (χ1) is 14.5. The first kappa shape index (κ1) is 19.6. The number of carbonyl (C=O) groups is 1. The fourth-order valence-corrected chi connectivity index (χ4v) is 3.35. The molecule has 0 fully saturated rings. The number of aryl methyl sites for hydroxylation is 2. The number of carbonyl (C=O) groups excluding carboxylic acids is 1. The molecule has 0 spiro atoms. The van der Waals surface area contributed by atoms with Gasteiger partial charge in [-0.3, -0.25) is 4.98 Å². The van der Waals surface area contributed by atoms with Gasteiger partial charge in [-0.25, -0.2) is 4.79 Å². The van der Waals surface area contributed by atoms with Crippen LogP contribution in [-0.2, 0) is 4.74 Å². The van der Waals surface area contributed by atoms with Gasteiger partial charge >= 0.3 is 5.97 Å². The third kappa shape index (κ3) is 3.61. The summed E-state index contributed by atoms with van der Waals surface area (Å²) in [4.78, 5) is 17.4. The number of hydrogen-bond donors (Lipinski definition) is 0. The molecule has 0 amide bonds. The Morgan fingerprint density at radius 2 is 1.77 bits per heavy atom. The molecule has 1 atom stereocenters. The van der Waals surface area contributed by atoms with Crippen molar-refractivity contribution in [2.45, 2.75) is 26.9 Å². The van der Waals surface area contributed by atoms with Crippen molar-refractivity contribution in [3.8, 4) is 17.2 Å². The van der Waals surface area contributed by atoms with E-state index in [1.807, 2.05) is 43.3 Å². The number of nitrogens with zero attached hydrogens (tertiary/aromatic N) is 3. The minimum Gasteiger partial charge on any atom is -0.497 e. The molecule has 1 unspecified atom stereocenters. The van der Waals surface area contributed by atoms with Gasteiger partial charge in [-0.2, -0.15) is 0 Å². The monoisotopic (exact) mass is 403 g/mol. The molecule has 0 saturated carbocycles. The van der Waals surface area contributed by atoms with Gasteiger partial charge in [0.1, 0.15) is 5.75 Å². The second-order valence-corrected chi connectivity index (χ2v) is 6.94. The number of para-hydroxylation sites is 1. The van der Waals surface area contributed by atoms with Gasteiger partial charge in [0.15, 0.2) is 6.10 Å². The third-order valence-electron chi connectivity index (χ3n) is 4.95. The number of fused-ring (bicyclic) bond motifs is 1. The van der Waals surface area contributed by atoms with Gasteiger partial charge in [0.05, 0.1) is 23.9 Å². The molecule has 0 bridgehead atoms. The zero-order valence-electron chi connectivity index (χ0n) is 17.2. The lowest BCUT2D eigenvalue weighted by Crippen LogP contribution is -2.13. The lowest BCUT2D eigenvalue weighted by atomic mass is 10.0. The highest BCUT2D eigenvalue weighted by molar-refractivity contribution is 5.98. The Hall–Kier alpha value is -3.74. The number of rotatable bonds is 5. The molecule has 0 N–H and O–H groups in total. The Kier molecular flexibility index (Phi) is 5.18. The first-order valence-electron chi connectivity index (χ1n) is 9.52. The van der Waals surface area contributed by atoms with E-state index in [1.165, 1.54) is 0 Å². The van der Waals surface area contributed by atoms with E-state index in [-0.39, 0.29) is 5.89 Å². The quantitative estimate of drug-likeness (QED) is 0.441. The van der Waals surface area contributed by atoms with Crippen molar-refractivity contribution in [3.05, 3.63) is 71.2 Å². The number of methoxy groups -OCH3 is 1. The molecule has 0 aliphatic carbocycles. The molecular formula is C23H21N3O4. The van der Waals surface area contributed by atoms with Crippen molar-refractivity contribution in [3.63, 3.8) is 0 Å². The Labute approximate surface area is 173 Å². The van der Waals surface area contributed by atoms with E-state index in [1.54, 1.807) is 33.1 Å². The van der Waals surface area contributed by atoms with Gasteiger partial charge in [-0.15, -0.1) is 10.2 Å². The van der Waals surface area contributed by atoms with Crippen molar-refractivity contribution in [1.82, 2.24) is 15.2 Å². The minimum atomic E-state index is -0.706. The largest absolute Gasteiger partial charge is 0.497 e. The molecule has 2 heterocycles. The molecule has 0 radical (unpaired) electrons. The fraction of sp³-hybridized carbons (Fsp3) is 0.217. The summed E-state index contributed by atoms with van der Waals surface area (Å²) in [5.74, 6) is 0.823. The van der Waals surface area contributed by atoms with E-state index in [2.05, 4.69) is 15.2 Å². The Morgan fingerprint density at radius 3 is 2.50 bits per heavy atom. The van der Waals surface area contributed by atoms with Crippen LogP contribution in [0.5, 0.6) is 5.75 Å². The summed E-state index contributed by atoms with van der Waals surface area (Å²) in [5.41, 5.74) is 3.50. The number of pyridine rings is 1. The SMILES string of the molecule is COc1ccc(-c2nnc(C(C)OC(=O)c3c(C)nc4ccccc4c3C)o2)cc1. The van der Waals surface area contributed by atoms with Crippen molar-refractivity contribution in [2.24, 2.45) is 0 Å². The second kappa shape index (κ2) is 7.94. The number of ether oxygens (including phenoxy) is 2. The minimum absolute atomic E-state index is 0.221. The van der Waals surface area contributed by atoms with Crippen LogP contribution in [0, 0.1) is 13.8 Å². The van der Waals surface area contributed by atoms with Crippen LogP contribution in [0.2, 0.25) is 0 Å². The molecular weight excluding hydrogens is 382 g/mol. The molecule has 7 nitrogen and oxygen atoms in total. The highest BCUT2D eigenvalue weighted by Gasteiger charge is 2.23. The van der Waals surface area contributed by atoms with Gasteiger partial charge in [0.2, 0.25) is 5.89 Å². The van der Waals surface area contributed by atoms with Gasteiger partial charge in [0, 0.05) is 10.9 Å². The van der Waals surface area contributed by atoms with E-state index < -0.39 is 12.1 Å². The molecule has 0 aliphatic rings. The van der Waals surface area contributed by atoms with Crippen LogP contribution in [-0.4, -0.2) is 28.3 Å². The van der Waals surface area contributed by atoms with E-state index in [9.17, 15) is 4.79 Å². The molecule has 7 heteroatoms. The summed E-state index contributed by atoms with van der Waals surface area (Å²) >= 11 is 0. The maximum atomic E-state index is 12.9. The van der Waals surface area contributed by atoms with Gasteiger partial charge < -0.3 is 13.9 Å². The van der Waals surface area contributed by atoms with Crippen LogP contribution in [0.25, 0.3) is 22.4 Å². The molecule has 0 aliphatic heterocycles. The predicted octanol–water partition coefficient (Wildman–Crippen LogP) is 4.83. The normalized spacial score (nSPS) is 12.0. The van der Waals surface area contributed by atoms with Crippen molar-refractivity contribution in [1.29, 1.82) is 0 Å². The Bertz CT molecular complexity index is 1220. The lowest BCUT2D eigenvalue weighted by molar-refractivity contribution is 0.0278. The standard InChI is InChI=1S/C23H21N3O4/c1-13-18-7-5-6-8-19(18)24-14(2)20(13)23(27)29-15(3)21-25-26-22(30-21)16-9-11-17(28-4)12-10-16/h5-12,15H,1-4H3. The summed E-state index contributed by atoms with van der Waals surface area (Å²) in [7, 11) is 1.60. The van der Waals surface area contributed by atoms with Gasteiger partial charge in [-0.05, 0) is 56.7 Å². The molecule has 2 aromatic heterocycles. The van der Waals surface area contributed by atoms with E-state index in [4.69, 9.17) is 13.9 Å². The van der Waals surface area contributed by atoms with E-state index in [0.29, 0.717) is 17.1 Å². The zero-order chi connectivity index (χ0) is 21.3. The topological polar surface area (TPSA) is 87.3 Å². The average Bonchev–Trinajstić information content (AvgIpc) is 3.24. The van der Waals surface area contributed by atoms with Crippen LogP contribution in [0.3, 0.4) is 0 Å². The van der Waals surface area contributed by atoms with Crippen molar-refractivity contribution in [2.75, 3.05) is 7.11 Å². The zero-order valence-corrected chi connectivity index (χ0v) is 17.2. The van der Waals surface area contributed by atoms with E-state index in [0.717, 1.165) is 27.8 Å². The Balaban J connectivity index is 1.56. The number of aromatic nitrogens is 3. The summed E-state index contributed by atoms with van der Waals surface area (Å²) < 4.78 is 16.5. The van der Waals surface area contributed by atoms with E-state index >= 15 is 0 Å². The van der Waals surface area contributed by atoms with Gasteiger partial charge in [0.25, 0.3) is 5.89 Å². The molecule has 4 rings (SSSR count). The highest BCUT2D eigenvalue weighted by atomic mass is 16.6. The first-order valence-corrected chi connectivity index (χ1v) is 9.52. The maximum absolute atomic E-state index is 12.9. The molecule has 0 saturated heterocycles. The highest BCUT2D eigenvalue weighted by Crippen LogP contribution is 2.27. The summed E-state index contributed by atoms with van der Waals surface area (Å²) in [6.45, 7) is 5.39. The summed E-state index contributed by atoms with van der Waals surface area (Å²) in [5, 5.41) is 9.01. The summed E-state index contributed by atoms with van der Waals surface area (Å²) in [6, 6.07) is 15.0. The molecule has 152 valence electrons. The molecule has 4 aromatic rings. The van der Waals surface area contributed by atoms with Crippen LogP contribution < -0.4 is 4.74 Å². The van der Waals surface area contributed by atoms with Crippen LogP contribution in [0.15, 0.2) is 52.9 Å². The number of benzene rings is 2. The smallest absolute Gasteiger partial charge is 0.341 e. The third-order valence-corrected chi connectivity index (χ3v) is 4.95. The molecule has 2 aromatic carbocycles. The van der Waals surface area contributed by atoms with Crippen LogP contribution in [0.4, 0.5) is 0 Å². The van der Waals surface area contributed by atoms with Gasteiger partial charge in [-0.1, -0.05) is 18.2 Å².